The molecule has 3 saturated heterocycles. The topological polar surface area (TPSA) is 180 Å². The second kappa shape index (κ2) is 19.4. The summed E-state index contributed by atoms with van der Waals surface area (Å²) in [5.74, 6) is 0.712. The fourth-order valence-corrected chi connectivity index (χ4v) is 11.8. The molecule has 0 bridgehead atoms. The largest absolute Gasteiger partial charge is 0.465 e. The Kier molecular flexibility index (Phi) is 13.4. The molecule has 4 fully saturated rings. The van der Waals surface area contributed by atoms with E-state index in [2.05, 4.69) is 50.5 Å². The van der Waals surface area contributed by atoms with Crippen molar-refractivity contribution in [3.8, 4) is 0 Å². The number of fused-ring (bicyclic) bond motifs is 2. The van der Waals surface area contributed by atoms with Crippen LogP contribution in [0.1, 0.15) is 157 Å². The Labute approximate surface area is 397 Å². The fraction of sp³-hybridized carbons (Fsp3) is 0.538. The molecular formula is C52H66FN9O6. The molecule has 68 heavy (non-hydrogen) atoms. The molecule has 4 amide bonds. The fourth-order valence-electron chi connectivity index (χ4n) is 11.8. The number of ether oxygens (including phenoxy) is 1. The number of carbonyl (C=O) groups excluding carboxylic acids is 3. The van der Waals surface area contributed by atoms with Gasteiger partial charge in [-0.3, -0.25) is 14.5 Å². The number of halogens is 1. The normalized spacial score (nSPS) is 22.2. The van der Waals surface area contributed by atoms with Crippen LogP contribution in [0.3, 0.4) is 0 Å². The minimum Gasteiger partial charge on any atom is -0.465 e. The van der Waals surface area contributed by atoms with E-state index < -0.39 is 24.3 Å². The number of carbonyl (C=O) groups is 4. The number of hydrogen-bond acceptors (Lipinski definition) is 8. The first-order valence-electron chi connectivity index (χ1n) is 24.7. The molecule has 362 valence electrons. The first kappa shape index (κ1) is 46.9. The van der Waals surface area contributed by atoms with E-state index >= 15 is 4.39 Å². The third-order valence-electron chi connectivity index (χ3n) is 15.2. The summed E-state index contributed by atoms with van der Waals surface area (Å²) < 4.78 is 21.3. The van der Waals surface area contributed by atoms with E-state index in [9.17, 15) is 24.3 Å². The van der Waals surface area contributed by atoms with Crippen LogP contribution in [-0.4, -0.2) is 103 Å². The molecule has 0 spiro atoms. The molecule has 4 aliphatic rings. The number of aromatic amines is 2. The van der Waals surface area contributed by atoms with Crippen LogP contribution in [0.25, 0.3) is 22.1 Å². The molecule has 4 N–H and O–H groups in total. The lowest BCUT2D eigenvalue weighted by Crippen LogP contribution is -2.51. The Hall–Kier alpha value is -6.19. The number of aromatic nitrogens is 4. The Morgan fingerprint density at radius 2 is 1.34 bits per heavy atom. The summed E-state index contributed by atoms with van der Waals surface area (Å²) in [4.78, 5) is 76.3. The number of alkyl carbamates (subject to hydrolysis) is 1. The SMILES string of the molecule is COC(=O)N[C@H](C(=O)N1CCC[C@H]1c1nc2ccc([C@H]3CC[C@H](c4ccc5[nH]c([C@@H]6CCCN6C(=O)[C@H](C(C)C)N(C)C(=O)O)nc5c4)N3c3ccc(C4CCCCC4)c(F)c3)cc2[nH]1)C(C)C. The van der Waals surface area contributed by atoms with E-state index in [4.69, 9.17) is 14.7 Å². The van der Waals surface area contributed by atoms with E-state index in [0.717, 1.165) is 107 Å². The smallest absolute Gasteiger partial charge is 0.407 e. The lowest BCUT2D eigenvalue weighted by atomic mass is 9.84. The van der Waals surface area contributed by atoms with Crippen molar-refractivity contribution in [1.82, 2.24) is 40.0 Å². The number of benzene rings is 3. The standard InChI is InChI=1S/C52H66FN9O6/c1-29(2)45(58-51(65)68-6)49(63)60-24-10-14-43(60)47-54-37-20-16-32(26-39(37)56-47)41-22-23-42(62(41)34-18-19-35(36(53)28-34)31-12-8-7-9-13-31)33-17-21-38-40(27-33)57-48(55-38)44-15-11-25-61(44)50(64)46(30(3)4)59(5)52(66)67/h16-21,26-31,41-46H,7-15,22-25H2,1-6H3,(H,54,56)(H,55,57)(H,58,65)(H,66,67)/t41-,42-,43+,44+,45+,46+/m1/s1. The van der Waals surface area contributed by atoms with E-state index in [0.29, 0.717) is 31.2 Å². The Bertz CT molecular complexity index is 2680. The van der Waals surface area contributed by atoms with Crippen molar-refractivity contribution in [2.45, 2.75) is 140 Å². The summed E-state index contributed by atoms with van der Waals surface area (Å²) >= 11 is 0. The predicted molar refractivity (Wildman–Crippen MR) is 258 cm³/mol. The van der Waals surface area contributed by atoms with Gasteiger partial charge in [-0.25, -0.2) is 23.9 Å². The summed E-state index contributed by atoms with van der Waals surface area (Å²) in [5.41, 5.74) is 6.99. The van der Waals surface area contributed by atoms with Crippen LogP contribution >= 0.6 is 0 Å². The summed E-state index contributed by atoms with van der Waals surface area (Å²) in [5, 5.41) is 12.5. The van der Waals surface area contributed by atoms with Crippen LogP contribution in [0.15, 0.2) is 54.6 Å². The van der Waals surface area contributed by atoms with Gasteiger partial charge in [0.2, 0.25) is 11.8 Å². The highest BCUT2D eigenvalue weighted by atomic mass is 19.1. The molecule has 3 aliphatic heterocycles. The van der Waals surface area contributed by atoms with Crippen LogP contribution in [0.2, 0.25) is 0 Å². The molecule has 16 heteroatoms. The highest BCUT2D eigenvalue weighted by Crippen LogP contribution is 2.49. The van der Waals surface area contributed by atoms with Gasteiger partial charge in [0.05, 0.1) is 53.3 Å². The van der Waals surface area contributed by atoms with Crippen LogP contribution in [-0.2, 0) is 14.3 Å². The molecule has 2 aromatic heterocycles. The summed E-state index contributed by atoms with van der Waals surface area (Å²) in [6.07, 6.45) is 8.32. The summed E-state index contributed by atoms with van der Waals surface area (Å²) in [6, 6.07) is 16.1. The third-order valence-corrected chi connectivity index (χ3v) is 15.2. The number of nitrogens with zero attached hydrogens (tertiary/aromatic N) is 6. The van der Waals surface area contributed by atoms with Gasteiger partial charge in [-0.2, -0.15) is 0 Å². The van der Waals surface area contributed by atoms with Crippen molar-refractivity contribution in [2.24, 2.45) is 11.8 Å². The van der Waals surface area contributed by atoms with Crippen LogP contribution < -0.4 is 10.2 Å². The number of anilines is 1. The first-order chi connectivity index (χ1) is 32.7. The van der Waals surface area contributed by atoms with Gasteiger partial charge in [0.1, 0.15) is 29.5 Å². The maximum Gasteiger partial charge on any atom is 0.407 e. The maximum atomic E-state index is 16.4. The van der Waals surface area contributed by atoms with Crippen molar-refractivity contribution in [2.75, 3.05) is 32.1 Å². The van der Waals surface area contributed by atoms with E-state index in [1.165, 1.54) is 20.6 Å². The van der Waals surface area contributed by atoms with E-state index in [1.54, 1.807) is 11.0 Å². The summed E-state index contributed by atoms with van der Waals surface area (Å²) in [6.45, 7) is 8.62. The zero-order chi connectivity index (χ0) is 48.0. The van der Waals surface area contributed by atoms with Gasteiger partial charge >= 0.3 is 12.2 Å². The second-order valence-corrected chi connectivity index (χ2v) is 20.2. The van der Waals surface area contributed by atoms with Crippen LogP contribution in [0.5, 0.6) is 0 Å². The molecule has 1 saturated carbocycles. The Balaban J connectivity index is 1.03. The molecule has 3 aromatic carbocycles. The second-order valence-electron chi connectivity index (χ2n) is 20.2. The zero-order valence-electron chi connectivity index (χ0n) is 40.1. The number of imidazole rings is 2. The molecule has 9 rings (SSSR count). The molecule has 5 aromatic rings. The monoisotopic (exact) mass is 932 g/mol. The number of likely N-dealkylation sites (tertiary alicyclic amines) is 2. The molecule has 0 radical (unpaired) electrons. The highest BCUT2D eigenvalue weighted by Gasteiger charge is 2.42. The minimum absolute atomic E-state index is 0.0989. The number of likely N-dealkylation sites (N-methyl/N-ethyl adjacent to an activating group) is 1. The van der Waals surface area contributed by atoms with Gasteiger partial charge in [0, 0.05) is 25.8 Å². The average Bonchev–Trinajstić information content (AvgIpc) is 4.19. The van der Waals surface area contributed by atoms with Gasteiger partial charge in [-0.05, 0) is 122 Å². The van der Waals surface area contributed by atoms with Gasteiger partial charge in [0.15, 0.2) is 0 Å². The van der Waals surface area contributed by atoms with E-state index in [-0.39, 0.29) is 59.6 Å². The third kappa shape index (κ3) is 8.98. The lowest BCUT2D eigenvalue weighted by Gasteiger charge is -2.34. The predicted octanol–water partition coefficient (Wildman–Crippen LogP) is 10.1. The molecular weight excluding hydrogens is 866 g/mol. The lowest BCUT2D eigenvalue weighted by molar-refractivity contribution is -0.138. The van der Waals surface area contributed by atoms with Gasteiger partial charge < -0.3 is 39.8 Å². The maximum absolute atomic E-state index is 16.4. The first-order valence-corrected chi connectivity index (χ1v) is 24.7. The number of nitrogens with one attached hydrogen (secondary N) is 3. The number of rotatable bonds is 12. The summed E-state index contributed by atoms with van der Waals surface area (Å²) in [7, 11) is 2.74. The van der Waals surface area contributed by atoms with Crippen molar-refractivity contribution in [3.63, 3.8) is 0 Å². The number of hydrogen-bond donors (Lipinski definition) is 4. The van der Waals surface area contributed by atoms with Gasteiger partial charge in [-0.15, -0.1) is 0 Å². The number of carboxylic acid groups (broad SMARTS) is 1. The highest BCUT2D eigenvalue weighted by molar-refractivity contribution is 5.87. The molecule has 0 unspecified atom stereocenters. The van der Waals surface area contributed by atoms with Crippen molar-refractivity contribution in [3.05, 3.63) is 88.8 Å². The zero-order valence-corrected chi connectivity index (χ0v) is 40.1. The van der Waals surface area contributed by atoms with Crippen LogP contribution in [0.4, 0.5) is 19.7 Å². The van der Waals surface area contributed by atoms with Gasteiger partial charge in [-0.1, -0.05) is 65.2 Å². The molecule has 5 heterocycles. The minimum atomic E-state index is -1.14. The molecule has 6 atom stereocenters. The van der Waals surface area contributed by atoms with Crippen molar-refractivity contribution in [1.29, 1.82) is 0 Å². The Morgan fingerprint density at radius 3 is 1.96 bits per heavy atom. The molecule has 1 aliphatic carbocycles. The number of methoxy groups -OCH3 is 1. The van der Waals surface area contributed by atoms with Crippen molar-refractivity contribution < 1.29 is 33.4 Å². The number of H-pyrrole nitrogens is 2. The molecule has 15 nitrogen and oxygen atoms in total. The number of amides is 4. The van der Waals surface area contributed by atoms with E-state index in [1.807, 2.05) is 50.8 Å². The quantitative estimate of drug-likeness (QED) is 0.0947. The van der Waals surface area contributed by atoms with Crippen LogP contribution in [0, 0.1) is 17.7 Å². The Morgan fingerprint density at radius 1 is 0.721 bits per heavy atom. The van der Waals surface area contributed by atoms with Crippen molar-refractivity contribution >= 4 is 51.8 Å². The average molecular weight is 932 g/mol. The van der Waals surface area contributed by atoms with Gasteiger partial charge in [0.25, 0.3) is 0 Å².